The Morgan fingerprint density at radius 2 is 1.95 bits per heavy atom. The Morgan fingerprint density at radius 1 is 1.21 bits per heavy atom. The summed E-state index contributed by atoms with van der Waals surface area (Å²) < 4.78 is 27.1. The zero-order chi connectivity index (χ0) is 14.0. The number of halogens is 3. The van der Waals surface area contributed by atoms with Crippen molar-refractivity contribution in [3.05, 3.63) is 64.2 Å². The first-order chi connectivity index (χ1) is 8.99. The molecule has 1 amide bonds. The molecule has 0 radical (unpaired) electrons. The summed E-state index contributed by atoms with van der Waals surface area (Å²) in [5, 5.41) is 2.19. The summed E-state index contributed by atoms with van der Waals surface area (Å²) in [7, 11) is 0. The fraction of sp³-hybridized carbons (Fsp3) is 0.0714. The predicted octanol–water partition coefficient (Wildman–Crippen LogP) is 4.18. The van der Waals surface area contributed by atoms with Crippen LogP contribution in [0, 0.1) is 18.6 Å². The molecule has 0 fully saturated rings. The molecule has 2 aromatic carbocycles. The van der Waals surface area contributed by atoms with Crippen molar-refractivity contribution in [1.29, 1.82) is 0 Å². The Bertz CT molecular complexity index is 643. The van der Waals surface area contributed by atoms with Gasteiger partial charge in [-0.1, -0.05) is 29.3 Å². The summed E-state index contributed by atoms with van der Waals surface area (Å²) in [5.41, 5.74) is 0.510. The Balaban J connectivity index is 2.31. The van der Waals surface area contributed by atoms with Gasteiger partial charge in [0.05, 0.1) is 16.3 Å². The van der Waals surface area contributed by atoms with Gasteiger partial charge in [-0.3, -0.25) is 4.79 Å². The van der Waals surface area contributed by atoms with Gasteiger partial charge in [-0.15, -0.1) is 0 Å². The minimum atomic E-state index is -0.745. The van der Waals surface area contributed by atoms with Crippen LogP contribution in [0.2, 0.25) is 5.02 Å². The van der Waals surface area contributed by atoms with E-state index in [1.54, 1.807) is 13.0 Å². The van der Waals surface area contributed by atoms with Gasteiger partial charge in [-0.2, -0.15) is 0 Å². The van der Waals surface area contributed by atoms with Crippen LogP contribution in [0.5, 0.6) is 0 Å². The van der Waals surface area contributed by atoms with Crippen LogP contribution in [-0.2, 0) is 0 Å². The van der Waals surface area contributed by atoms with Crippen LogP contribution in [0.3, 0.4) is 0 Å². The molecule has 1 N–H and O–H groups in total. The topological polar surface area (TPSA) is 29.1 Å². The van der Waals surface area contributed by atoms with Gasteiger partial charge in [0, 0.05) is 0 Å². The Labute approximate surface area is 114 Å². The van der Waals surface area contributed by atoms with Crippen molar-refractivity contribution in [3.63, 3.8) is 0 Å². The summed E-state index contributed by atoms with van der Waals surface area (Å²) in [5.74, 6) is -2.13. The number of rotatable bonds is 2. The van der Waals surface area contributed by atoms with E-state index in [1.165, 1.54) is 30.3 Å². The lowest BCUT2D eigenvalue weighted by atomic mass is 10.1. The first kappa shape index (κ1) is 13.5. The van der Waals surface area contributed by atoms with Crippen molar-refractivity contribution in [2.24, 2.45) is 0 Å². The monoisotopic (exact) mass is 281 g/mol. The van der Waals surface area contributed by atoms with Crippen molar-refractivity contribution in [3.8, 4) is 0 Å². The number of carbonyl (C=O) groups excluding carboxylic acids is 1. The minimum absolute atomic E-state index is 0.0848. The molecule has 2 aromatic rings. The van der Waals surface area contributed by atoms with E-state index in [0.29, 0.717) is 0 Å². The van der Waals surface area contributed by atoms with Gasteiger partial charge >= 0.3 is 0 Å². The van der Waals surface area contributed by atoms with Crippen molar-refractivity contribution < 1.29 is 13.6 Å². The maximum absolute atomic E-state index is 13.6. The number of hydrogen-bond donors (Lipinski definition) is 1. The van der Waals surface area contributed by atoms with Crippen molar-refractivity contribution in [2.75, 3.05) is 5.32 Å². The highest BCUT2D eigenvalue weighted by molar-refractivity contribution is 6.31. The molecule has 0 aliphatic rings. The molecule has 5 heteroatoms. The molecular weight excluding hydrogens is 272 g/mol. The van der Waals surface area contributed by atoms with Gasteiger partial charge in [0.1, 0.15) is 5.82 Å². The van der Waals surface area contributed by atoms with Gasteiger partial charge in [-0.25, -0.2) is 8.78 Å². The molecular formula is C14H10ClF2NO. The van der Waals surface area contributed by atoms with Crippen LogP contribution in [0.1, 0.15) is 15.9 Å². The summed E-state index contributed by atoms with van der Waals surface area (Å²) in [4.78, 5) is 11.9. The highest BCUT2D eigenvalue weighted by Gasteiger charge is 2.14. The Kier molecular flexibility index (Phi) is 3.81. The van der Waals surface area contributed by atoms with Crippen LogP contribution in [0.25, 0.3) is 0 Å². The van der Waals surface area contributed by atoms with Gasteiger partial charge in [0.25, 0.3) is 5.91 Å². The number of benzene rings is 2. The van der Waals surface area contributed by atoms with E-state index in [4.69, 9.17) is 11.6 Å². The summed E-state index contributed by atoms with van der Waals surface area (Å²) in [6.07, 6.45) is 0. The van der Waals surface area contributed by atoms with E-state index in [2.05, 4.69) is 5.32 Å². The summed E-state index contributed by atoms with van der Waals surface area (Å²) in [6.45, 7) is 1.73. The van der Waals surface area contributed by atoms with Gasteiger partial charge in [0.2, 0.25) is 0 Å². The third-order valence-electron chi connectivity index (χ3n) is 2.57. The minimum Gasteiger partial charge on any atom is -0.319 e. The van der Waals surface area contributed by atoms with Crippen molar-refractivity contribution in [1.82, 2.24) is 0 Å². The maximum atomic E-state index is 13.6. The molecule has 2 nitrogen and oxygen atoms in total. The van der Waals surface area contributed by atoms with Crippen LogP contribution < -0.4 is 5.32 Å². The summed E-state index contributed by atoms with van der Waals surface area (Å²) in [6, 6.07) is 8.35. The first-order valence-corrected chi connectivity index (χ1v) is 5.88. The Hall–Kier alpha value is -1.94. The largest absolute Gasteiger partial charge is 0.319 e. The number of hydrogen-bond acceptors (Lipinski definition) is 1. The van der Waals surface area contributed by atoms with Crippen molar-refractivity contribution in [2.45, 2.75) is 6.92 Å². The SMILES string of the molecule is Cc1ccc(F)c(C(=O)Nc2cccc(Cl)c2F)c1. The molecule has 19 heavy (non-hydrogen) atoms. The second kappa shape index (κ2) is 5.36. The predicted molar refractivity (Wildman–Crippen MR) is 70.5 cm³/mol. The highest BCUT2D eigenvalue weighted by Crippen LogP contribution is 2.23. The van der Waals surface area contributed by atoms with E-state index >= 15 is 0 Å². The second-order valence-electron chi connectivity index (χ2n) is 4.04. The normalized spacial score (nSPS) is 10.3. The lowest BCUT2D eigenvalue weighted by Gasteiger charge is -2.08. The number of amides is 1. The molecule has 0 aliphatic carbocycles. The van der Waals surface area contributed by atoms with Crippen LogP contribution in [0.4, 0.5) is 14.5 Å². The third-order valence-corrected chi connectivity index (χ3v) is 2.86. The standard InChI is InChI=1S/C14H10ClF2NO/c1-8-5-6-11(16)9(7-8)14(19)18-12-4-2-3-10(15)13(12)17/h2-7H,1H3,(H,18,19). The Morgan fingerprint density at radius 3 is 2.68 bits per heavy atom. The second-order valence-corrected chi connectivity index (χ2v) is 4.45. The van der Waals surface area contributed by atoms with Gasteiger partial charge < -0.3 is 5.32 Å². The lowest BCUT2D eigenvalue weighted by molar-refractivity contribution is 0.102. The molecule has 0 unspecified atom stereocenters. The van der Waals surface area contributed by atoms with Crippen LogP contribution in [-0.4, -0.2) is 5.91 Å². The average Bonchev–Trinajstić information content (AvgIpc) is 2.38. The van der Waals surface area contributed by atoms with Crippen molar-refractivity contribution >= 4 is 23.2 Å². The molecule has 98 valence electrons. The molecule has 2 rings (SSSR count). The average molecular weight is 282 g/mol. The van der Waals surface area contributed by atoms with Crippen LogP contribution >= 0.6 is 11.6 Å². The molecule has 0 saturated carbocycles. The van der Waals surface area contributed by atoms with E-state index in [0.717, 1.165) is 5.56 Å². The van der Waals surface area contributed by atoms with Crippen LogP contribution in [0.15, 0.2) is 36.4 Å². The molecule has 0 atom stereocenters. The first-order valence-electron chi connectivity index (χ1n) is 5.50. The third kappa shape index (κ3) is 2.90. The number of carbonyl (C=O) groups is 1. The molecule has 0 saturated heterocycles. The number of nitrogens with one attached hydrogen (secondary N) is 1. The number of aryl methyl sites for hydroxylation is 1. The maximum Gasteiger partial charge on any atom is 0.258 e. The molecule has 0 spiro atoms. The molecule has 0 bridgehead atoms. The molecule has 0 aromatic heterocycles. The fourth-order valence-corrected chi connectivity index (χ4v) is 1.78. The van der Waals surface area contributed by atoms with E-state index < -0.39 is 17.5 Å². The van der Waals surface area contributed by atoms with Gasteiger partial charge in [-0.05, 0) is 31.2 Å². The zero-order valence-corrected chi connectivity index (χ0v) is 10.8. The number of anilines is 1. The van der Waals surface area contributed by atoms with Gasteiger partial charge in [0.15, 0.2) is 5.82 Å². The summed E-state index contributed by atoms with van der Waals surface area (Å²) >= 11 is 5.60. The van der Waals surface area contributed by atoms with E-state index in [1.807, 2.05) is 0 Å². The van der Waals surface area contributed by atoms with E-state index in [9.17, 15) is 13.6 Å². The lowest BCUT2D eigenvalue weighted by Crippen LogP contribution is -2.15. The fourth-order valence-electron chi connectivity index (χ4n) is 1.60. The quantitative estimate of drug-likeness (QED) is 0.879. The highest BCUT2D eigenvalue weighted by atomic mass is 35.5. The molecule has 0 heterocycles. The van der Waals surface area contributed by atoms with E-state index in [-0.39, 0.29) is 16.3 Å². The zero-order valence-electron chi connectivity index (χ0n) is 10.0. The molecule has 0 aliphatic heterocycles. The smallest absolute Gasteiger partial charge is 0.258 e.